The van der Waals surface area contributed by atoms with Crippen molar-refractivity contribution in [1.82, 2.24) is 34.3 Å². The highest BCUT2D eigenvalue weighted by Crippen LogP contribution is 2.39. The van der Waals surface area contributed by atoms with Gasteiger partial charge in [-0.3, -0.25) is 9.67 Å². The lowest BCUT2D eigenvalue weighted by atomic mass is 9.92. The van der Waals surface area contributed by atoms with Crippen LogP contribution in [-0.2, 0) is 11.8 Å². The summed E-state index contributed by atoms with van der Waals surface area (Å²) in [5.74, 6) is 0.550. The molecule has 8 heteroatoms. The first-order valence-electron chi connectivity index (χ1n) is 12.8. The van der Waals surface area contributed by atoms with Crippen LogP contribution >= 0.6 is 0 Å². The molecule has 0 radical (unpaired) electrons. The molecule has 0 saturated carbocycles. The molecule has 5 aromatic rings. The van der Waals surface area contributed by atoms with Crippen LogP contribution in [0.15, 0.2) is 42.9 Å². The van der Waals surface area contributed by atoms with Gasteiger partial charge in [-0.25, -0.2) is 4.68 Å². The molecule has 6 rings (SSSR count). The van der Waals surface area contributed by atoms with Gasteiger partial charge in [-0.1, -0.05) is 17.3 Å². The Morgan fingerprint density at radius 3 is 2.44 bits per heavy atom. The molecule has 5 heterocycles. The molecular weight excluding hydrogens is 450 g/mol. The van der Waals surface area contributed by atoms with E-state index in [0.717, 1.165) is 59.6 Å². The van der Waals surface area contributed by atoms with E-state index >= 15 is 0 Å². The lowest BCUT2D eigenvalue weighted by molar-refractivity contribution is 0.0525. The van der Waals surface area contributed by atoms with Crippen LogP contribution in [0.3, 0.4) is 0 Å². The Bertz CT molecular complexity index is 1530. The summed E-state index contributed by atoms with van der Waals surface area (Å²) < 4.78 is 12.0. The second-order valence-electron chi connectivity index (χ2n) is 10.3. The van der Waals surface area contributed by atoms with Crippen LogP contribution in [0.4, 0.5) is 0 Å². The van der Waals surface area contributed by atoms with Crippen LogP contribution in [0.25, 0.3) is 44.3 Å². The molecule has 8 nitrogen and oxygen atoms in total. The minimum absolute atomic E-state index is 0.311. The molecule has 0 N–H and O–H groups in total. The smallest absolute Gasteiger partial charge is 0.0960 e. The maximum atomic E-state index is 5.69. The maximum absolute atomic E-state index is 5.69. The molecule has 1 aliphatic heterocycles. The van der Waals surface area contributed by atoms with E-state index in [1.165, 1.54) is 16.5 Å². The SMILES string of the molecule is Cc1nnn(C)c1-c1cnc2c3ccc(-c4cnn(C(C)C)c4)cc3n([C@H](C)C3CCOCC3)c2c1. The summed E-state index contributed by atoms with van der Waals surface area (Å²) in [5, 5.41) is 14.2. The van der Waals surface area contributed by atoms with Gasteiger partial charge in [0, 0.05) is 61.3 Å². The summed E-state index contributed by atoms with van der Waals surface area (Å²) in [6, 6.07) is 9.62. The molecule has 0 amide bonds. The Labute approximate surface area is 210 Å². The highest BCUT2D eigenvalue weighted by atomic mass is 16.5. The van der Waals surface area contributed by atoms with Crippen molar-refractivity contribution in [2.24, 2.45) is 13.0 Å². The fourth-order valence-electron chi connectivity index (χ4n) is 5.69. The molecule has 1 aromatic carbocycles. The molecule has 36 heavy (non-hydrogen) atoms. The van der Waals surface area contributed by atoms with E-state index in [4.69, 9.17) is 9.72 Å². The Morgan fingerprint density at radius 2 is 1.75 bits per heavy atom. The predicted molar refractivity (Wildman–Crippen MR) is 142 cm³/mol. The van der Waals surface area contributed by atoms with Gasteiger partial charge in [-0.2, -0.15) is 5.10 Å². The second kappa shape index (κ2) is 8.85. The van der Waals surface area contributed by atoms with Gasteiger partial charge in [0.15, 0.2) is 0 Å². The van der Waals surface area contributed by atoms with Gasteiger partial charge in [0.1, 0.15) is 0 Å². The van der Waals surface area contributed by atoms with E-state index in [1.54, 1.807) is 0 Å². The monoisotopic (exact) mass is 483 g/mol. The zero-order valence-electron chi connectivity index (χ0n) is 21.6. The van der Waals surface area contributed by atoms with Crippen LogP contribution in [0.2, 0.25) is 0 Å². The first-order valence-corrected chi connectivity index (χ1v) is 12.8. The summed E-state index contributed by atoms with van der Waals surface area (Å²) in [7, 11) is 1.93. The number of hydrogen-bond donors (Lipinski definition) is 0. The first-order chi connectivity index (χ1) is 17.4. The van der Waals surface area contributed by atoms with Gasteiger partial charge in [0.25, 0.3) is 0 Å². The number of ether oxygens (including phenoxy) is 1. The van der Waals surface area contributed by atoms with Crippen LogP contribution in [-0.4, -0.2) is 47.5 Å². The summed E-state index contributed by atoms with van der Waals surface area (Å²) in [5.41, 5.74) is 8.64. The minimum Gasteiger partial charge on any atom is -0.381 e. The largest absolute Gasteiger partial charge is 0.381 e. The molecule has 0 spiro atoms. The van der Waals surface area contributed by atoms with Crippen molar-refractivity contribution in [3.8, 4) is 22.4 Å². The topological polar surface area (TPSA) is 75.6 Å². The van der Waals surface area contributed by atoms with Crippen molar-refractivity contribution in [2.75, 3.05) is 13.2 Å². The van der Waals surface area contributed by atoms with Crippen molar-refractivity contribution in [3.63, 3.8) is 0 Å². The van der Waals surface area contributed by atoms with E-state index in [1.807, 2.05) is 35.7 Å². The average Bonchev–Trinajstić information content (AvgIpc) is 3.59. The Morgan fingerprint density at radius 1 is 0.972 bits per heavy atom. The van der Waals surface area contributed by atoms with Crippen LogP contribution in [0, 0.1) is 12.8 Å². The van der Waals surface area contributed by atoms with Gasteiger partial charge in [0.05, 0.1) is 34.1 Å². The lowest BCUT2D eigenvalue weighted by Gasteiger charge is -2.30. The fourth-order valence-corrected chi connectivity index (χ4v) is 5.69. The standard InChI is InChI=1S/C28H33N7O/c1-17(2)34-16-23(15-30-34)21-6-7-24-25(12-21)35(19(4)20-8-10-36-11-9-20)26-13-22(14-29-27(24)26)28-18(3)31-32-33(28)5/h6-7,12-17,19-20H,8-11H2,1-5H3/t19-/m1/s1. The van der Waals surface area contributed by atoms with Crippen LogP contribution in [0.1, 0.15) is 51.4 Å². The molecule has 0 bridgehead atoms. The number of aryl methyl sites for hydroxylation is 2. The Balaban J connectivity index is 1.57. The highest BCUT2D eigenvalue weighted by molar-refractivity contribution is 6.07. The molecule has 1 saturated heterocycles. The molecule has 1 atom stereocenters. The average molecular weight is 484 g/mol. The summed E-state index contributed by atoms with van der Waals surface area (Å²) in [6.45, 7) is 10.3. The highest BCUT2D eigenvalue weighted by Gasteiger charge is 2.26. The van der Waals surface area contributed by atoms with E-state index < -0.39 is 0 Å². The summed E-state index contributed by atoms with van der Waals surface area (Å²) in [4.78, 5) is 4.99. The van der Waals surface area contributed by atoms with E-state index in [9.17, 15) is 0 Å². The van der Waals surface area contributed by atoms with Gasteiger partial charge in [0.2, 0.25) is 0 Å². The second-order valence-corrected chi connectivity index (χ2v) is 10.3. The van der Waals surface area contributed by atoms with Crippen LogP contribution < -0.4 is 0 Å². The number of aromatic nitrogens is 7. The lowest BCUT2D eigenvalue weighted by Crippen LogP contribution is -2.24. The molecule has 1 fully saturated rings. The number of fused-ring (bicyclic) bond motifs is 3. The first kappa shape index (κ1) is 22.9. The number of benzene rings is 1. The normalized spacial score (nSPS) is 15.9. The summed E-state index contributed by atoms with van der Waals surface area (Å²) in [6.07, 6.45) is 8.19. The third-order valence-corrected chi connectivity index (χ3v) is 7.73. The quantitative estimate of drug-likeness (QED) is 0.319. The number of nitrogens with zero attached hydrogens (tertiary/aromatic N) is 7. The molecule has 0 aliphatic carbocycles. The van der Waals surface area contributed by atoms with Crippen molar-refractivity contribution in [2.45, 2.75) is 52.6 Å². The molecule has 0 unspecified atom stereocenters. The minimum atomic E-state index is 0.311. The third kappa shape index (κ3) is 3.71. The van der Waals surface area contributed by atoms with Crippen molar-refractivity contribution in [3.05, 3.63) is 48.5 Å². The Kier molecular flexibility index (Phi) is 5.63. The maximum Gasteiger partial charge on any atom is 0.0960 e. The van der Waals surface area contributed by atoms with Gasteiger partial charge in [-0.05, 0) is 64.2 Å². The zero-order valence-corrected chi connectivity index (χ0v) is 21.6. The van der Waals surface area contributed by atoms with Crippen molar-refractivity contribution < 1.29 is 4.74 Å². The summed E-state index contributed by atoms with van der Waals surface area (Å²) >= 11 is 0. The van der Waals surface area contributed by atoms with Crippen molar-refractivity contribution >= 4 is 21.9 Å². The Hall–Kier alpha value is -3.52. The molecule has 1 aliphatic rings. The molecular formula is C28H33N7O. The fraction of sp³-hybridized carbons (Fsp3) is 0.429. The zero-order chi connectivity index (χ0) is 25.0. The third-order valence-electron chi connectivity index (χ3n) is 7.73. The van der Waals surface area contributed by atoms with Crippen LogP contribution in [0.5, 0.6) is 0 Å². The van der Waals surface area contributed by atoms with Gasteiger partial charge >= 0.3 is 0 Å². The van der Waals surface area contributed by atoms with E-state index in [0.29, 0.717) is 18.0 Å². The number of hydrogen-bond acceptors (Lipinski definition) is 5. The van der Waals surface area contributed by atoms with Gasteiger partial charge in [-0.15, -0.1) is 5.10 Å². The predicted octanol–water partition coefficient (Wildman–Crippen LogP) is 5.73. The van der Waals surface area contributed by atoms with Crippen molar-refractivity contribution in [1.29, 1.82) is 0 Å². The molecule has 186 valence electrons. The van der Waals surface area contributed by atoms with Gasteiger partial charge < -0.3 is 9.30 Å². The molecule has 4 aromatic heterocycles. The number of pyridine rings is 1. The number of rotatable bonds is 5. The van der Waals surface area contributed by atoms with E-state index in [2.05, 4.69) is 71.2 Å². The van der Waals surface area contributed by atoms with E-state index in [-0.39, 0.29) is 0 Å².